The average Bonchev–Trinajstić information content (AvgIpc) is 2.31. The predicted molar refractivity (Wildman–Crippen MR) is 72.0 cm³/mol. The van der Waals surface area contributed by atoms with Gasteiger partial charge in [-0.25, -0.2) is 0 Å². The zero-order valence-electron chi connectivity index (χ0n) is 11.7. The molecule has 1 aliphatic carbocycles. The summed E-state index contributed by atoms with van der Waals surface area (Å²) in [6, 6.07) is 0.979. The minimum Gasteiger partial charge on any atom is -0.340 e. The molecule has 0 atom stereocenters. The van der Waals surface area contributed by atoms with Gasteiger partial charge in [-0.2, -0.15) is 0 Å². The van der Waals surface area contributed by atoms with Crippen LogP contribution in [0, 0.1) is 0 Å². The second-order valence-electron chi connectivity index (χ2n) is 5.33. The summed E-state index contributed by atoms with van der Waals surface area (Å²) in [6.07, 6.45) is 6.98. The maximum absolute atomic E-state index is 12.1. The van der Waals surface area contributed by atoms with Gasteiger partial charge in [-0.05, 0) is 19.8 Å². The molecule has 0 aromatic carbocycles. The van der Waals surface area contributed by atoms with Crippen LogP contribution in [0.25, 0.3) is 0 Å². The maximum atomic E-state index is 12.1. The van der Waals surface area contributed by atoms with Crippen molar-refractivity contribution < 1.29 is 4.79 Å². The van der Waals surface area contributed by atoms with Crippen LogP contribution >= 0.6 is 0 Å². The van der Waals surface area contributed by atoms with E-state index >= 15 is 0 Å². The lowest BCUT2D eigenvalue weighted by Crippen LogP contribution is -2.42. The number of nitrogens with zero attached hydrogens (tertiary/aromatic N) is 1. The van der Waals surface area contributed by atoms with Crippen molar-refractivity contribution in [3.8, 4) is 0 Å². The number of rotatable bonds is 6. The van der Waals surface area contributed by atoms with Crippen molar-refractivity contribution in [2.75, 3.05) is 13.1 Å². The third kappa shape index (κ3) is 5.07. The molecule has 0 aliphatic heterocycles. The van der Waals surface area contributed by atoms with Crippen LogP contribution in [-0.2, 0) is 4.79 Å². The van der Waals surface area contributed by atoms with Crippen molar-refractivity contribution in [2.24, 2.45) is 0 Å². The highest BCUT2D eigenvalue weighted by molar-refractivity contribution is 5.76. The molecule has 1 rings (SSSR count). The number of amides is 1. The molecule has 1 amide bonds. The van der Waals surface area contributed by atoms with Crippen molar-refractivity contribution in [1.29, 1.82) is 0 Å². The molecule has 0 aromatic rings. The Morgan fingerprint density at radius 1 is 1.29 bits per heavy atom. The van der Waals surface area contributed by atoms with Crippen molar-refractivity contribution in [2.45, 2.75) is 71.4 Å². The fraction of sp³-hybridized carbons (Fsp3) is 0.929. The van der Waals surface area contributed by atoms with Gasteiger partial charge < -0.3 is 10.2 Å². The van der Waals surface area contributed by atoms with Crippen LogP contribution in [0.1, 0.15) is 59.3 Å². The Kier molecular flexibility index (Phi) is 6.56. The summed E-state index contributed by atoms with van der Waals surface area (Å²) >= 11 is 0. The monoisotopic (exact) mass is 240 g/mol. The van der Waals surface area contributed by atoms with Crippen LogP contribution in [0.5, 0.6) is 0 Å². The van der Waals surface area contributed by atoms with Gasteiger partial charge in [0.1, 0.15) is 0 Å². The van der Waals surface area contributed by atoms with Gasteiger partial charge in [0.2, 0.25) is 5.91 Å². The van der Waals surface area contributed by atoms with Crippen molar-refractivity contribution >= 4 is 5.91 Å². The van der Waals surface area contributed by atoms with Gasteiger partial charge in [0.25, 0.3) is 0 Å². The van der Waals surface area contributed by atoms with E-state index in [4.69, 9.17) is 0 Å². The second-order valence-corrected chi connectivity index (χ2v) is 5.33. The molecule has 0 aromatic heterocycles. The van der Waals surface area contributed by atoms with Crippen LogP contribution in [0.4, 0.5) is 0 Å². The van der Waals surface area contributed by atoms with Crippen molar-refractivity contribution in [3.63, 3.8) is 0 Å². The summed E-state index contributed by atoms with van der Waals surface area (Å²) in [5.74, 6) is 0.326. The first-order valence-corrected chi connectivity index (χ1v) is 7.18. The Labute approximate surface area is 106 Å². The van der Waals surface area contributed by atoms with Gasteiger partial charge in [0.05, 0.1) is 0 Å². The number of nitrogens with one attached hydrogen (secondary N) is 1. The molecule has 0 radical (unpaired) electrons. The molecule has 1 N–H and O–H groups in total. The summed E-state index contributed by atoms with van der Waals surface area (Å²) in [7, 11) is 0. The lowest BCUT2D eigenvalue weighted by Gasteiger charge is -2.33. The molecule has 0 heterocycles. The lowest BCUT2D eigenvalue weighted by molar-refractivity contribution is -0.133. The lowest BCUT2D eigenvalue weighted by atomic mass is 9.94. The number of hydrogen-bond donors (Lipinski definition) is 1. The quantitative estimate of drug-likeness (QED) is 0.774. The summed E-state index contributed by atoms with van der Waals surface area (Å²) in [4.78, 5) is 14.2. The van der Waals surface area contributed by atoms with Crippen molar-refractivity contribution in [1.82, 2.24) is 10.2 Å². The minimum absolute atomic E-state index is 0.326. The fourth-order valence-corrected chi connectivity index (χ4v) is 2.64. The van der Waals surface area contributed by atoms with Gasteiger partial charge in [-0.3, -0.25) is 4.79 Å². The Hall–Kier alpha value is -0.570. The van der Waals surface area contributed by atoms with E-state index in [9.17, 15) is 4.79 Å². The Morgan fingerprint density at radius 3 is 2.47 bits per heavy atom. The maximum Gasteiger partial charge on any atom is 0.224 e. The second kappa shape index (κ2) is 7.70. The highest BCUT2D eigenvalue weighted by Gasteiger charge is 2.23. The van der Waals surface area contributed by atoms with Crippen LogP contribution in [-0.4, -0.2) is 36.0 Å². The molecule has 100 valence electrons. The van der Waals surface area contributed by atoms with E-state index in [-0.39, 0.29) is 0 Å². The number of hydrogen-bond acceptors (Lipinski definition) is 2. The molecule has 1 aliphatic rings. The van der Waals surface area contributed by atoms with E-state index in [0.29, 0.717) is 24.4 Å². The molecule has 3 heteroatoms. The zero-order chi connectivity index (χ0) is 12.7. The van der Waals surface area contributed by atoms with Gasteiger partial charge >= 0.3 is 0 Å². The van der Waals surface area contributed by atoms with Crippen LogP contribution < -0.4 is 5.32 Å². The molecule has 3 nitrogen and oxygen atoms in total. The molecular formula is C14H28N2O. The van der Waals surface area contributed by atoms with Gasteiger partial charge in [-0.1, -0.05) is 33.1 Å². The fourth-order valence-electron chi connectivity index (χ4n) is 2.64. The minimum atomic E-state index is 0.326. The summed E-state index contributed by atoms with van der Waals surface area (Å²) < 4.78 is 0. The van der Waals surface area contributed by atoms with E-state index in [2.05, 4.69) is 31.0 Å². The average molecular weight is 240 g/mol. The Morgan fingerprint density at radius 2 is 1.94 bits per heavy atom. The summed E-state index contributed by atoms with van der Waals surface area (Å²) in [5, 5.41) is 3.31. The summed E-state index contributed by atoms with van der Waals surface area (Å²) in [5.41, 5.74) is 0. The Bertz CT molecular complexity index is 222. The molecule has 0 bridgehead atoms. The van der Waals surface area contributed by atoms with Gasteiger partial charge in [-0.15, -0.1) is 0 Å². The zero-order valence-corrected chi connectivity index (χ0v) is 11.7. The molecule has 1 saturated carbocycles. The highest BCUT2D eigenvalue weighted by Crippen LogP contribution is 2.22. The summed E-state index contributed by atoms with van der Waals surface area (Å²) in [6.45, 7) is 8.00. The molecular weight excluding hydrogens is 212 g/mol. The van der Waals surface area contributed by atoms with Crippen LogP contribution in [0.2, 0.25) is 0 Å². The van der Waals surface area contributed by atoms with Crippen molar-refractivity contribution in [3.05, 3.63) is 0 Å². The van der Waals surface area contributed by atoms with E-state index in [0.717, 1.165) is 13.1 Å². The first-order valence-electron chi connectivity index (χ1n) is 7.18. The van der Waals surface area contributed by atoms with E-state index in [1.807, 2.05) is 0 Å². The topological polar surface area (TPSA) is 32.3 Å². The number of carbonyl (C=O) groups is 1. The van der Waals surface area contributed by atoms with E-state index in [1.165, 1.54) is 32.1 Å². The van der Waals surface area contributed by atoms with Gasteiger partial charge in [0, 0.05) is 31.6 Å². The largest absolute Gasteiger partial charge is 0.340 e. The molecule has 0 saturated heterocycles. The first kappa shape index (κ1) is 14.5. The first-order chi connectivity index (χ1) is 8.15. The highest BCUT2D eigenvalue weighted by atomic mass is 16.2. The Balaban J connectivity index is 2.34. The molecule has 0 spiro atoms. The van der Waals surface area contributed by atoms with E-state index in [1.54, 1.807) is 0 Å². The van der Waals surface area contributed by atoms with Gasteiger partial charge in [0.15, 0.2) is 0 Å². The number of carbonyl (C=O) groups excluding carboxylic acids is 1. The predicted octanol–water partition coefficient (Wildman–Crippen LogP) is 2.56. The molecule has 1 fully saturated rings. The standard InChI is InChI=1S/C14H28N2O/c1-4-16(13-8-6-5-7-9-13)14(17)10-11-15-12(2)3/h12-13,15H,4-11H2,1-3H3. The van der Waals surface area contributed by atoms with Crippen LogP contribution in [0.15, 0.2) is 0 Å². The third-order valence-corrected chi connectivity index (χ3v) is 3.57. The smallest absolute Gasteiger partial charge is 0.224 e. The SMILES string of the molecule is CCN(C(=O)CCNC(C)C)C1CCCCC1. The van der Waals surface area contributed by atoms with E-state index < -0.39 is 0 Å². The normalized spacial score (nSPS) is 17.4. The molecule has 0 unspecified atom stereocenters. The van der Waals surface area contributed by atoms with Crippen LogP contribution in [0.3, 0.4) is 0 Å². The molecule has 17 heavy (non-hydrogen) atoms. The third-order valence-electron chi connectivity index (χ3n) is 3.57.